The maximum Gasteiger partial charge on any atom is 0.179 e. The van der Waals surface area contributed by atoms with Gasteiger partial charge in [-0.05, 0) is 42.5 Å². The van der Waals surface area contributed by atoms with E-state index in [1.54, 1.807) is 11.1 Å². The van der Waals surface area contributed by atoms with Crippen LogP contribution in [0.4, 0.5) is 0 Å². The quantitative estimate of drug-likeness (QED) is 0.812. The van der Waals surface area contributed by atoms with Crippen molar-refractivity contribution in [1.29, 1.82) is 5.26 Å². The van der Waals surface area contributed by atoms with Crippen molar-refractivity contribution in [3.63, 3.8) is 0 Å². The van der Waals surface area contributed by atoms with Crippen molar-refractivity contribution in [2.24, 2.45) is 0 Å². The third kappa shape index (κ3) is 3.83. The summed E-state index contributed by atoms with van der Waals surface area (Å²) in [4.78, 5) is 18.5. The van der Waals surface area contributed by atoms with E-state index in [0.717, 1.165) is 35.6 Å². The van der Waals surface area contributed by atoms with E-state index in [1.165, 1.54) is 18.4 Å². The zero-order chi connectivity index (χ0) is 17.9. The summed E-state index contributed by atoms with van der Waals surface area (Å²) in [6.45, 7) is 1.37. The van der Waals surface area contributed by atoms with Gasteiger partial charge in [-0.1, -0.05) is 12.1 Å². The Kier molecular flexibility index (Phi) is 4.53. The second-order valence-corrected chi connectivity index (χ2v) is 7.06. The molecule has 26 heavy (non-hydrogen) atoms. The minimum absolute atomic E-state index is 0.159. The lowest BCUT2D eigenvalue weighted by molar-refractivity contribution is -0.117. The Morgan fingerprint density at radius 1 is 1.35 bits per heavy atom. The first-order chi connectivity index (χ1) is 12.7. The largest absolute Gasteiger partial charge is 0.306 e. The number of hydrogen-bond donors (Lipinski definition) is 1. The molecule has 0 radical (unpaired) electrons. The summed E-state index contributed by atoms with van der Waals surface area (Å²) >= 11 is 0. The van der Waals surface area contributed by atoms with E-state index in [9.17, 15) is 4.79 Å². The zero-order valence-electron chi connectivity index (χ0n) is 14.6. The lowest BCUT2D eigenvalue weighted by Crippen LogP contribution is -2.23. The first-order valence-corrected chi connectivity index (χ1v) is 9.06. The summed E-state index contributed by atoms with van der Waals surface area (Å²) < 4.78 is 0. The summed E-state index contributed by atoms with van der Waals surface area (Å²) in [7, 11) is 0. The number of nitriles is 1. The molecule has 2 aliphatic rings. The van der Waals surface area contributed by atoms with Gasteiger partial charge in [0.1, 0.15) is 5.78 Å². The number of hydrogen-bond acceptors (Lipinski definition) is 5. The van der Waals surface area contributed by atoms with E-state index in [-0.39, 0.29) is 5.78 Å². The number of Topliss-reactive ketones (excluding diaryl/α,β-unsaturated/α-hetero) is 1. The molecule has 6 nitrogen and oxygen atoms in total. The molecule has 0 unspecified atom stereocenters. The normalized spacial score (nSPS) is 16.9. The van der Waals surface area contributed by atoms with Gasteiger partial charge in [-0.3, -0.25) is 14.9 Å². The number of aromatic amines is 1. The number of ketones is 1. The highest BCUT2D eigenvalue weighted by Crippen LogP contribution is 2.39. The van der Waals surface area contributed by atoms with Gasteiger partial charge in [-0.25, -0.2) is 0 Å². The van der Waals surface area contributed by atoms with Crippen LogP contribution in [-0.2, 0) is 17.6 Å². The molecule has 6 heteroatoms. The number of aromatic nitrogens is 3. The van der Waals surface area contributed by atoms with Crippen LogP contribution in [0.5, 0.6) is 0 Å². The molecule has 132 valence electrons. The molecular formula is C20H21N5O. The summed E-state index contributed by atoms with van der Waals surface area (Å²) in [6.07, 6.45) is 10.0. The maximum atomic E-state index is 12.3. The van der Waals surface area contributed by atoms with Gasteiger partial charge in [0.15, 0.2) is 6.19 Å². The molecular weight excluding hydrogens is 326 g/mol. The molecule has 0 amide bonds. The molecule has 1 aliphatic heterocycles. The van der Waals surface area contributed by atoms with Gasteiger partial charge in [0.05, 0.1) is 11.4 Å². The maximum absolute atomic E-state index is 12.3. The van der Waals surface area contributed by atoms with E-state index in [2.05, 4.69) is 27.5 Å². The van der Waals surface area contributed by atoms with Crippen LogP contribution >= 0.6 is 0 Å². The number of H-pyrrole nitrogens is 1. The van der Waals surface area contributed by atoms with Gasteiger partial charge in [0.2, 0.25) is 0 Å². The van der Waals surface area contributed by atoms with Gasteiger partial charge in [-0.15, -0.1) is 0 Å². The van der Waals surface area contributed by atoms with Gasteiger partial charge in [0.25, 0.3) is 0 Å². The number of carbonyl (C=O) groups is 1. The van der Waals surface area contributed by atoms with Crippen LogP contribution in [0.2, 0.25) is 0 Å². The minimum Gasteiger partial charge on any atom is -0.306 e. The second-order valence-electron chi connectivity index (χ2n) is 7.06. The number of rotatable bonds is 6. The molecule has 0 atom stereocenters. The number of carbonyl (C=O) groups excluding carboxylic acids is 1. The monoisotopic (exact) mass is 347 g/mol. The van der Waals surface area contributed by atoms with E-state index in [0.29, 0.717) is 25.3 Å². The first-order valence-electron chi connectivity index (χ1n) is 9.06. The van der Waals surface area contributed by atoms with Gasteiger partial charge >= 0.3 is 0 Å². The van der Waals surface area contributed by atoms with Crippen LogP contribution in [-0.4, -0.2) is 39.0 Å². The van der Waals surface area contributed by atoms with Gasteiger partial charge in [-0.2, -0.15) is 10.4 Å². The minimum atomic E-state index is 0.159. The fourth-order valence-electron chi connectivity index (χ4n) is 3.27. The SMILES string of the molecule is N#CN1CC=C(c2ccc(CC(=O)Cc3cc(C4CC4)n[nH]3)cn2)CC1. The molecule has 0 aromatic carbocycles. The Balaban J connectivity index is 1.34. The summed E-state index contributed by atoms with van der Waals surface area (Å²) in [5.74, 6) is 0.758. The second kappa shape index (κ2) is 7.12. The third-order valence-corrected chi connectivity index (χ3v) is 4.94. The number of nitrogens with zero attached hydrogens (tertiary/aromatic N) is 4. The molecule has 1 fully saturated rings. The van der Waals surface area contributed by atoms with Crippen molar-refractivity contribution in [2.75, 3.05) is 13.1 Å². The standard InChI is InChI=1S/C20H21N5O/c21-13-25-7-5-16(6-8-25)19-4-1-14(12-22-19)9-18(26)10-17-11-20(24-23-17)15-2-3-15/h1,4-5,11-12,15H,2-3,6-10H2,(H,23,24). The predicted octanol–water partition coefficient (Wildman–Crippen LogP) is 2.61. The van der Waals surface area contributed by atoms with Crippen LogP contribution < -0.4 is 0 Å². The van der Waals surface area contributed by atoms with Crippen LogP contribution in [0.1, 0.15) is 47.8 Å². The summed E-state index contributed by atoms with van der Waals surface area (Å²) in [5, 5.41) is 16.2. The Labute approximate surface area is 152 Å². The average molecular weight is 347 g/mol. The molecule has 1 saturated carbocycles. The highest BCUT2D eigenvalue weighted by atomic mass is 16.1. The lowest BCUT2D eigenvalue weighted by Gasteiger charge is -2.20. The number of pyridine rings is 1. The molecule has 3 heterocycles. The molecule has 0 bridgehead atoms. The van der Waals surface area contributed by atoms with E-state index < -0.39 is 0 Å². The van der Waals surface area contributed by atoms with Crippen molar-refractivity contribution in [3.05, 3.63) is 53.1 Å². The molecule has 0 spiro atoms. The molecule has 1 N–H and O–H groups in total. The Morgan fingerprint density at radius 2 is 2.23 bits per heavy atom. The molecule has 2 aromatic rings. The molecule has 0 saturated heterocycles. The average Bonchev–Trinajstić information content (AvgIpc) is 3.42. The highest BCUT2D eigenvalue weighted by molar-refractivity contribution is 5.82. The zero-order valence-corrected chi connectivity index (χ0v) is 14.6. The fraction of sp³-hybridized carbons (Fsp3) is 0.400. The van der Waals surface area contributed by atoms with Crippen molar-refractivity contribution < 1.29 is 4.79 Å². The fourth-order valence-corrected chi connectivity index (χ4v) is 3.27. The lowest BCUT2D eigenvalue weighted by atomic mass is 10.0. The highest BCUT2D eigenvalue weighted by Gasteiger charge is 2.26. The van der Waals surface area contributed by atoms with Crippen LogP contribution in [0, 0.1) is 11.5 Å². The molecule has 1 aliphatic carbocycles. The van der Waals surface area contributed by atoms with E-state index in [4.69, 9.17) is 5.26 Å². The van der Waals surface area contributed by atoms with Crippen LogP contribution in [0.3, 0.4) is 0 Å². The predicted molar refractivity (Wildman–Crippen MR) is 97.0 cm³/mol. The Bertz CT molecular complexity index is 870. The van der Waals surface area contributed by atoms with Crippen molar-refractivity contribution in [3.8, 4) is 6.19 Å². The first kappa shape index (κ1) is 16.5. The Hall–Kier alpha value is -2.94. The number of nitrogens with one attached hydrogen (secondary N) is 1. The van der Waals surface area contributed by atoms with Crippen molar-refractivity contribution >= 4 is 11.4 Å². The summed E-state index contributed by atoms with van der Waals surface area (Å²) in [5.41, 5.74) is 5.02. The van der Waals surface area contributed by atoms with Crippen molar-refractivity contribution in [1.82, 2.24) is 20.1 Å². The third-order valence-electron chi connectivity index (χ3n) is 4.94. The smallest absolute Gasteiger partial charge is 0.179 e. The molecule has 4 rings (SSSR count). The van der Waals surface area contributed by atoms with E-state index in [1.807, 2.05) is 18.2 Å². The summed E-state index contributed by atoms with van der Waals surface area (Å²) in [6, 6.07) is 5.97. The Morgan fingerprint density at radius 3 is 2.88 bits per heavy atom. The van der Waals surface area contributed by atoms with Gasteiger partial charge in [0, 0.05) is 43.7 Å². The van der Waals surface area contributed by atoms with Crippen LogP contribution in [0.25, 0.3) is 5.57 Å². The van der Waals surface area contributed by atoms with E-state index >= 15 is 0 Å². The van der Waals surface area contributed by atoms with Crippen LogP contribution in [0.15, 0.2) is 30.5 Å². The molecule has 2 aromatic heterocycles. The van der Waals surface area contributed by atoms with Crippen molar-refractivity contribution in [2.45, 2.75) is 38.0 Å². The van der Waals surface area contributed by atoms with Gasteiger partial charge < -0.3 is 4.90 Å². The topological polar surface area (TPSA) is 85.7 Å².